The minimum Gasteiger partial charge on any atom is -0.350 e. The minimum absolute atomic E-state index is 0.0211. The summed E-state index contributed by atoms with van der Waals surface area (Å²) in [6.45, 7) is 5.51. The normalized spacial score (nSPS) is 19.8. The van der Waals surface area contributed by atoms with Crippen molar-refractivity contribution in [2.45, 2.75) is 45.1 Å². The van der Waals surface area contributed by atoms with Crippen LogP contribution in [0.2, 0.25) is 0 Å². The van der Waals surface area contributed by atoms with E-state index in [0.717, 1.165) is 36.9 Å². The van der Waals surface area contributed by atoms with Gasteiger partial charge >= 0.3 is 6.03 Å². The number of amides is 3. The van der Waals surface area contributed by atoms with Crippen molar-refractivity contribution in [3.63, 3.8) is 0 Å². The van der Waals surface area contributed by atoms with Gasteiger partial charge in [-0.15, -0.1) is 0 Å². The molecule has 132 valence electrons. The van der Waals surface area contributed by atoms with Gasteiger partial charge in [-0.3, -0.25) is 4.79 Å². The van der Waals surface area contributed by atoms with Crippen molar-refractivity contribution in [3.05, 3.63) is 17.0 Å². The third-order valence-corrected chi connectivity index (χ3v) is 4.95. The van der Waals surface area contributed by atoms with E-state index in [9.17, 15) is 9.59 Å². The summed E-state index contributed by atoms with van der Waals surface area (Å²) in [6, 6.07) is -0.0211. The Hall–Kier alpha value is -2.05. The average Bonchev–Trinajstić information content (AvgIpc) is 2.96. The Morgan fingerprint density at radius 2 is 1.88 bits per heavy atom. The van der Waals surface area contributed by atoms with Crippen molar-refractivity contribution in [1.82, 2.24) is 19.9 Å². The van der Waals surface area contributed by atoms with Crippen molar-refractivity contribution in [1.29, 1.82) is 0 Å². The summed E-state index contributed by atoms with van der Waals surface area (Å²) in [5.41, 5.74) is 1.47. The van der Waals surface area contributed by atoms with Gasteiger partial charge in [0.15, 0.2) is 0 Å². The Balaban J connectivity index is 1.79. The van der Waals surface area contributed by atoms with Gasteiger partial charge in [-0.2, -0.15) is 0 Å². The molecule has 7 nitrogen and oxygen atoms in total. The number of nitrogens with zero attached hydrogens (tertiary/aromatic N) is 4. The van der Waals surface area contributed by atoms with Gasteiger partial charge in [0.25, 0.3) is 5.91 Å². The van der Waals surface area contributed by atoms with Crippen LogP contribution in [0.4, 0.5) is 4.79 Å². The molecule has 1 aromatic rings. The molecule has 7 heteroatoms. The van der Waals surface area contributed by atoms with E-state index < -0.39 is 5.54 Å². The van der Waals surface area contributed by atoms with Gasteiger partial charge in [-0.1, -0.05) is 5.16 Å². The highest BCUT2D eigenvalue weighted by molar-refractivity contribution is 5.94. The van der Waals surface area contributed by atoms with Crippen molar-refractivity contribution < 1.29 is 14.1 Å². The number of carbonyl (C=O) groups excluding carboxylic acids is 2. The number of piperazine rings is 1. The highest BCUT2D eigenvalue weighted by Gasteiger charge is 2.41. The summed E-state index contributed by atoms with van der Waals surface area (Å²) in [7, 11) is 3.49. The highest BCUT2D eigenvalue weighted by Crippen LogP contribution is 2.29. The first-order chi connectivity index (χ1) is 11.3. The van der Waals surface area contributed by atoms with Gasteiger partial charge in [0.05, 0.1) is 11.2 Å². The van der Waals surface area contributed by atoms with Crippen molar-refractivity contribution in [2.24, 2.45) is 0 Å². The average molecular weight is 334 g/mol. The van der Waals surface area contributed by atoms with Crippen LogP contribution in [-0.2, 0) is 12.8 Å². The lowest BCUT2D eigenvalue weighted by Gasteiger charge is -2.47. The summed E-state index contributed by atoms with van der Waals surface area (Å²) < 4.78 is 5.41. The zero-order chi connectivity index (χ0) is 17.5. The lowest BCUT2D eigenvalue weighted by molar-refractivity contribution is 0.0209. The quantitative estimate of drug-likeness (QED) is 0.785. The van der Waals surface area contributed by atoms with E-state index >= 15 is 0 Å². The smallest absolute Gasteiger partial charge is 0.319 e. The Labute approximate surface area is 142 Å². The van der Waals surface area contributed by atoms with E-state index in [4.69, 9.17) is 4.52 Å². The molecule has 1 aliphatic carbocycles. The summed E-state index contributed by atoms with van der Waals surface area (Å²) in [5.74, 6) is 0.290. The number of urea groups is 1. The molecule has 0 N–H and O–H groups in total. The highest BCUT2D eigenvalue weighted by atomic mass is 16.5. The second kappa shape index (κ2) is 6.11. The number of hydrogen-bond donors (Lipinski definition) is 0. The number of carbonyl (C=O) groups is 2. The van der Waals surface area contributed by atoms with Crippen LogP contribution in [0.1, 0.15) is 48.5 Å². The van der Waals surface area contributed by atoms with Gasteiger partial charge in [0.1, 0.15) is 0 Å². The van der Waals surface area contributed by atoms with Crippen LogP contribution < -0.4 is 0 Å². The van der Waals surface area contributed by atoms with Crippen LogP contribution in [0.5, 0.6) is 0 Å². The molecule has 1 aromatic heterocycles. The van der Waals surface area contributed by atoms with Gasteiger partial charge in [-0.05, 0) is 39.5 Å². The molecule has 2 heterocycles. The van der Waals surface area contributed by atoms with E-state index in [1.165, 1.54) is 0 Å². The monoisotopic (exact) mass is 334 g/mol. The summed E-state index contributed by atoms with van der Waals surface area (Å²) >= 11 is 0. The number of aryl methyl sites for hydroxylation is 1. The Morgan fingerprint density at radius 1 is 1.17 bits per heavy atom. The maximum Gasteiger partial charge on any atom is 0.319 e. The maximum atomic E-state index is 13.0. The standard InChI is InChI=1S/C17H26N4O3/c1-17(2)11-20(16(23)19(3)4)9-10-21(17)15(22)14-12-7-5-6-8-13(12)18-24-14/h5-11H2,1-4H3. The second-order valence-electron chi connectivity index (χ2n) is 7.51. The van der Waals surface area contributed by atoms with E-state index in [2.05, 4.69) is 5.16 Å². The van der Waals surface area contributed by atoms with Crippen molar-refractivity contribution in [3.8, 4) is 0 Å². The van der Waals surface area contributed by atoms with Crippen molar-refractivity contribution >= 4 is 11.9 Å². The third kappa shape index (κ3) is 2.87. The lowest BCUT2D eigenvalue weighted by Crippen LogP contribution is -2.63. The van der Waals surface area contributed by atoms with Crippen LogP contribution in [0.15, 0.2) is 4.52 Å². The van der Waals surface area contributed by atoms with Crippen LogP contribution in [-0.4, -0.2) is 71.1 Å². The molecule has 0 spiro atoms. The third-order valence-electron chi connectivity index (χ3n) is 4.95. The van der Waals surface area contributed by atoms with Crippen LogP contribution in [0, 0.1) is 0 Å². The van der Waals surface area contributed by atoms with Crippen LogP contribution >= 0.6 is 0 Å². The first-order valence-corrected chi connectivity index (χ1v) is 8.57. The Kier molecular flexibility index (Phi) is 4.27. The van der Waals surface area contributed by atoms with Crippen LogP contribution in [0.25, 0.3) is 0 Å². The molecule has 0 atom stereocenters. The fourth-order valence-electron chi connectivity index (χ4n) is 3.66. The topological polar surface area (TPSA) is 69.9 Å². The molecule has 24 heavy (non-hydrogen) atoms. The fourth-order valence-corrected chi connectivity index (χ4v) is 3.66. The van der Waals surface area contributed by atoms with E-state index in [0.29, 0.717) is 25.4 Å². The number of aromatic nitrogens is 1. The summed E-state index contributed by atoms with van der Waals surface area (Å²) in [6.07, 6.45) is 3.92. The largest absolute Gasteiger partial charge is 0.350 e. The predicted octanol–water partition coefficient (Wildman–Crippen LogP) is 1.77. The Morgan fingerprint density at radius 3 is 2.54 bits per heavy atom. The van der Waals surface area contributed by atoms with E-state index in [1.54, 1.807) is 23.9 Å². The molecule has 3 amide bonds. The first kappa shape index (κ1) is 16.8. The van der Waals surface area contributed by atoms with E-state index in [-0.39, 0.29) is 11.9 Å². The van der Waals surface area contributed by atoms with Gasteiger partial charge in [0, 0.05) is 39.3 Å². The first-order valence-electron chi connectivity index (χ1n) is 8.57. The Bertz CT molecular complexity index is 650. The molecular formula is C17H26N4O3. The summed E-state index contributed by atoms with van der Waals surface area (Å²) in [4.78, 5) is 30.4. The molecule has 1 fully saturated rings. The zero-order valence-corrected chi connectivity index (χ0v) is 15.0. The van der Waals surface area contributed by atoms with Gasteiger partial charge in [-0.25, -0.2) is 4.79 Å². The minimum atomic E-state index is -0.449. The molecule has 0 aromatic carbocycles. The SMILES string of the molecule is CN(C)C(=O)N1CCN(C(=O)c2onc3c2CCCC3)C(C)(C)C1. The zero-order valence-electron chi connectivity index (χ0n) is 15.0. The molecule has 0 saturated carbocycles. The lowest BCUT2D eigenvalue weighted by atomic mass is 9.94. The molecule has 0 unspecified atom stereocenters. The molecule has 3 rings (SSSR count). The fraction of sp³-hybridized carbons (Fsp3) is 0.706. The van der Waals surface area contributed by atoms with Crippen molar-refractivity contribution in [2.75, 3.05) is 33.7 Å². The number of fused-ring (bicyclic) bond motifs is 1. The van der Waals surface area contributed by atoms with Gasteiger partial charge < -0.3 is 19.2 Å². The molecule has 0 bridgehead atoms. The summed E-state index contributed by atoms with van der Waals surface area (Å²) in [5, 5.41) is 4.09. The number of hydrogen-bond acceptors (Lipinski definition) is 4. The number of rotatable bonds is 1. The van der Waals surface area contributed by atoms with Gasteiger partial charge in [0.2, 0.25) is 5.76 Å². The van der Waals surface area contributed by atoms with Crippen LogP contribution in [0.3, 0.4) is 0 Å². The molecular weight excluding hydrogens is 308 g/mol. The molecule has 2 aliphatic rings. The second-order valence-corrected chi connectivity index (χ2v) is 7.51. The molecule has 0 radical (unpaired) electrons. The predicted molar refractivity (Wildman–Crippen MR) is 88.9 cm³/mol. The maximum absolute atomic E-state index is 13.0. The molecule has 1 aliphatic heterocycles. The van der Waals surface area contributed by atoms with E-state index in [1.807, 2.05) is 18.7 Å². The molecule has 1 saturated heterocycles.